The van der Waals surface area contributed by atoms with Gasteiger partial charge in [-0.1, -0.05) is 26.2 Å². The monoisotopic (exact) mass is 524 g/mol. The van der Waals surface area contributed by atoms with Crippen molar-refractivity contribution < 1.29 is 27.9 Å². The van der Waals surface area contributed by atoms with E-state index in [0.717, 1.165) is 31.9 Å². The number of amides is 3. The summed E-state index contributed by atoms with van der Waals surface area (Å²) in [5.41, 5.74) is 0.874. The standard InChI is InChI=1S/C25H40N4O6S/c1-17-14-29(18(2)16-30)24(31)13-19-12-21(27-36(4,33)34)10-11-22(19)35-23(17)15-28(3)25(32)26-20-8-6-5-7-9-20/h10-12,17-18,20,23,27,30H,5-9,13-16H2,1-4H3,(H,26,32)/t17-,18-,23-/m0/s1. The molecule has 3 rings (SSSR count). The molecular weight excluding hydrogens is 484 g/mol. The minimum absolute atomic E-state index is 0.00357. The molecule has 0 unspecified atom stereocenters. The lowest BCUT2D eigenvalue weighted by Gasteiger charge is -2.34. The molecule has 1 aliphatic heterocycles. The number of ether oxygens (including phenoxy) is 1. The quantitative estimate of drug-likeness (QED) is 0.502. The van der Waals surface area contributed by atoms with Crippen molar-refractivity contribution in [1.29, 1.82) is 0 Å². The second-order valence-corrected chi connectivity index (χ2v) is 12.0. The molecule has 0 spiro atoms. The molecule has 2 aliphatic rings. The Morgan fingerprint density at radius 1 is 1.28 bits per heavy atom. The van der Waals surface area contributed by atoms with Crippen LogP contribution in [0.3, 0.4) is 0 Å². The summed E-state index contributed by atoms with van der Waals surface area (Å²) in [7, 11) is -1.76. The van der Waals surface area contributed by atoms with Crippen LogP contribution in [-0.2, 0) is 21.2 Å². The first kappa shape index (κ1) is 28.0. The molecule has 3 atom stereocenters. The SMILES string of the molecule is C[C@H]1CN([C@@H](C)CO)C(=O)Cc2cc(NS(C)(=O)=O)ccc2O[C@H]1CN(C)C(=O)NC1CCCCC1. The predicted octanol–water partition coefficient (Wildman–Crippen LogP) is 2.18. The Bertz CT molecular complexity index is 1030. The minimum Gasteiger partial charge on any atom is -0.488 e. The molecule has 0 aromatic heterocycles. The predicted molar refractivity (Wildman–Crippen MR) is 138 cm³/mol. The Morgan fingerprint density at radius 2 is 1.97 bits per heavy atom. The maximum Gasteiger partial charge on any atom is 0.317 e. The van der Waals surface area contributed by atoms with Gasteiger partial charge in [-0.05, 0) is 38.0 Å². The zero-order valence-electron chi connectivity index (χ0n) is 21.7. The summed E-state index contributed by atoms with van der Waals surface area (Å²) < 4.78 is 32.3. The van der Waals surface area contributed by atoms with Crippen LogP contribution < -0.4 is 14.8 Å². The average Bonchev–Trinajstić information content (AvgIpc) is 2.86. The number of sulfonamides is 1. The number of rotatable bonds is 7. The Hall–Kier alpha value is -2.53. The van der Waals surface area contributed by atoms with E-state index < -0.39 is 22.2 Å². The van der Waals surface area contributed by atoms with Crippen LogP contribution >= 0.6 is 0 Å². The fourth-order valence-electron chi connectivity index (χ4n) is 4.81. The summed E-state index contributed by atoms with van der Waals surface area (Å²) in [6.07, 6.45) is 6.06. The van der Waals surface area contributed by atoms with Gasteiger partial charge in [0.15, 0.2) is 0 Å². The van der Waals surface area contributed by atoms with Crippen LogP contribution in [0.4, 0.5) is 10.5 Å². The molecule has 1 saturated carbocycles. The van der Waals surface area contributed by atoms with Crippen molar-refractivity contribution in [3.63, 3.8) is 0 Å². The van der Waals surface area contributed by atoms with Crippen molar-refractivity contribution in [2.45, 2.75) is 70.6 Å². The molecule has 36 heavy (non-hydrogen) atoms. The van der Waals surface area contributed by atoms with Crippen molar-refractivity contribution in [3.8, 4) is 5.75 Å². The molecular formula is C25H40N4O6S. The number of aliphatic hydroxyl groups excluding tert-OH is 1. The summed E-state index contributed by atoms with van der Waals surface area (Å²) in [4.78, 5) is 29.4. The van der Waals surface area contributed by atoms with E-state index in [1.54, 1.807) is 42.0 Å². The van der Waals surface area contributed by atoms with E-state index in [2.05, 4.69) is 10.0 Å². The highest BCUT2D eigenvalue weighted by atomic mass is 32.2. The summed E-state index contributed by atoms with van der Waals surface area (Å²) in [6, 6.07) is 4.49. The molecule has 1 aromatic rings. The zero-order valence-corrected chi connectivity index (χ0v) is 22.5. The minimum atomic E-state index is -3.50. The van der Waals surface area contributed by atoms with Gasteiger partial charge in [0, 0.05) is 36.8 Å². The lowest BCUT2D eigenvalue weighted by atomic mass is 9.96. The molecule has 3 amide bonds. The van der Waals surface area contributed by atoms with E-state index in [4.69, 9.17) is 4.74 Å². The van der Waals surface area contributed by atoms with Gasteiger partial charge in [0.1, 0.15) is 11.9 Å². The first-order valence-electron chi connectivity index (χ1n) is 12.7. The number of hydrogen-bond donors (Lipinski definition) is 3. The van der Waals surface area contributed by atoms with Crippen LogP contribution in [0, 0.1) is 5.92 Å². The third-order valence-corrected chi connectivity index (χ3v) is 7.56. The molecule has 202 valence electrons. The number of urea groups is 1. The Kier molecular flexibility index (Phi) is 9.46. The van der Waals surface area contributed by atoms with Crippen molar-refractivity contribution in [2.75, 3.05) is 37.7 Å². The first-order chi connectivity index (χ1) is 17.0. The molecule has 3 N–H and O–H groups in total. The van der Waals surface area contributed by atoms with Crippen LogP contribution in [0.1, 0.15) is 51.5 Å². The highest BCUT2D eigenvalue weighted by molar-refractivity contribution is 7.92. The second kappa shape index (κ2) is 12.1. The normalized spacial score (nSPS) is 22.4. The smallest absolute Gasteiger partial charge is 0.317 e. The summed E-state index contributed by atoms with van der Waals surface area (Å²) in [5.74, 6) is 0.139. The van der Waals surface area contributed by atoms with E-state index >= 15 is 0 Å². The Morgan fingerprint density at radius 3 is 2.61 bits per heavy atom. The fraction of sp³-hybridized carbons (Fsp3) is 0.680. The van der Waals surface area contributed by atoms with Crippen LogP contribution in [0.15, 0.2) is 18.2 Å². The number of carbonyl (C=O) groups is 2. The Balaban J connectivity index is 1.86. The zero-order chi connectivity index (χ0) is 26.5. The van der Waals surface area contributed by atoms with E-state index in [-0.39, 0.29) is 36.9 Å². The molecule has 10 nitrogen and oxygen atoms in total. The van der Waals surface area contributed by atoms with Gasteiger partial charge in [-0.15, -0.1) is 0 Å². The third kappa shape index (κ3) is 7.73. The molecule has 1 fully saturated rings. The van der Waals surface area contributed by atoms with Crippen LogP contribution in [0.2, 0.25) is 0 Å². The fourth-order valence-corrected chi connectivity index (χ4v) is 5.36. The molecule has 1 aliphatic carbocycles. The summed E-state index contributed by atoms with van der Waals surface area (Å²) in [5, 5.41) is 12.9. The Labute approximate surface area is 214 Å². The summed E-state index contributed by atoms with van der Waals surface area (Å²) >= 11 is 0. The highest BCUT2D eigenvalue weighted by Gasteiger charge is 2.32. The molecule has 0 bridgehead atoms. The van der Waals surface area contributed by atoms with Crippen molar-refractivity contribution in [2.24, 2.45) is 5.92 Å². The highest BCUT2D eigenvalue weighted by Crippen LogP contribution is 2.29. The molecule has 1 aromatic carbocycles. The number of nitrogens with one attached hydrogen (secondary N) is 2. The maximum absolute atomic E-state index is 13.2. The number of aliphatic hydroxyl groups is 1. The van der Waals surface area contributed by atoms with E-state index in [1.807, 2.05) is 6.92 Å². The van der Waals surface area contributed by atoms with Gasteiger partial charge < -0.3 is 25.0 Å². The molecule has 0 radical (unpaired) electrons. The van der Waals surface area contributed by atoms with E-state index in [9.17, 15) is 23.1 Å². The number of hydrogen-bond acceptors (Lipinski definition) is 6. The van der Waals surface area contributed by atoms with Gasteiger partial charge >= 0.3 is 6.03 Å². The van der Waals surface area contributed by atoms with Gasteiger partial charge in [0.25, 0.3) is 0 Å². The van der Waals surface area contributed by atoms with E-state index in [0.29, 0.717) is 30.1 Å². The number of anilines is 1. The largest absolute Gasteiger partial charge is 0.488 e. The molecule has 1 heterocycles. The van der Waals surface area contributed by atoms with Crippen LogP contribution in [0.5, 0.6) is 5.75 Å². The van der Waals surface area contributed by atoms with Crippen molar-refractivity contribution >= 4 is 27.6 Å². The topological polar surface area (TPSA) is 128 Å². The number of benzene rings is 1. The van der Waals surface area contributed by atoms with Gasteiger partial charge in [-0.2, -0.15) is 0 Å². The number of nitrogens with zero attached hydrogens (tertiary/aromatic N) is 2. The maximum atomic E-state index is 13.2. The molecule has 11 heteroatoms. The number of fused-ring (bicyclic) bond motifs is 1. The van der Waals surface area contributed by atoms with Gasteiger partial charge in [-0.25, -0.2) is 13.2 Å². The van der Waals surface area contributed by atoms with Gasteiger partial charge in [0.2, 0.25) is 15.9 Å². The van der Waals surface area contributed by atoms with Gasteiger partial charge in [0.05, 0.1) is 31.9 Å². The summed E-state index contributed by atoms with van der Waals surface area (Å²) in [6.45, 7) is 4.22. The lowest BCUT2D eigenvalue weighted by molar-refractivity contribution is -0.134. The third-order valence-electron chi connectivity index (χ3n) is 6.95. The second-order valence-electron chi connectivity index (χ2n) is 10.2. The number of carbonyl (C=O) groups excluding carboxylic acids is 2. The average molecular weight is 525 g/mol. The van der Waals surface area contributed by atoms with Crippen LogP contribution in [-0.4, -0.2) is 86.4 Å². The lowest BCUT2D eigenvalue weighted by Crippen LogP contribution is -2.50. The van der Waals surface area contributed by atoms with Crippen LogP contribution in [0.25, 0.3) is 0 Å². The molecule has 0 saturated heterocycles. The van der Waals surface area contributed by atoms with Crippen molar-refractivity contribution in [1.82, 2.24) is 15.1 Å². The van der Waals surface area contributed by atoms with Gasteiger partial charge in [-0.3, -0.25) is 9.52 Å². The number of likely N-dealkylation sites (N-methyl/N-ethyl adjacent to an activating group) is 1. The first-order valence-corrected chi connectivity index (χ1v) is 14.5. The van der Waals surface area contributed by atoms with E-state index in [1.165, 1.54) is 6.42 Å². The van der Waals surface area contributed by atoms with Crippen molar-refractivity contribution in [3.05, 3.63) is 23.8 Å².